The summed E-state index contributed by atoms with van der Waals surface area (Å²) in [6, 6.07) is 15.2. The van der Waals surface area contributed by atoms with E-state index in [1.165, 1.54) is 0 Å². The fraction of sp³-hybridized carbons (Fsp3) is 0.364. The Morgan fingerprint density at radius 2 is 1.81 bits per heavy atom. The molecule has 0 aromatic heterocycles. The monoisotopic (exact) mass is 383 g/mol. The van der Waals surface area contributed by atoms with Crippen molar-refractivity contribution in [2.75, 3.05) is 4.90 Å². The molecule has 2 aromatic carbocycles. The van der Waals surface area contributed by atoms with Gasteiger partial charge in [0.25, 0.3) is 5.91 Å². The van der Waals surface area contributed by atoms with Crippen LogP contribution in [0.3, 0.4) is 0 Å². The molecule has 0 unspecified atom stereocenters. The summed E-state index contributed by atoms with van der Waals surface area (Å²) in [5.41, 5.74) is 1.29. The second kappa shape index (κ2) is 7.13. The van der Waals surface area contributed by atoms with Gasteiger partial charge in [-0.25, -0.2) is 0 Å². The number of benzene rings is 2. The van der Waals surface area contributed by atoms with E-state index >= 15 is 0 Å². The van der Waals surface area contributed by atoms with E-state index in [2.05, 4.69) is 0 Å². The highest BCUT2D eigenvalue weighted by Gasteiger charge is 2.51. The van der Waals surface area contributed by atoms with Gasteiger partial charge in [-0.1, -0.05) is 80.6 Å². The van der Waals surface area contributed by atoms with Crippen LogP contribution in [-0.2, 0) is 21.7 Å². The lowest BCUT2D eigenvalue weighted by Crippen LogP contribution is -2.41. The van der Waals surface area contributed by atoms with Crippen molar-refractivity contribution >= 4 is 28.5 Å². The Morgan fingerprint density at radius 3 is 2.44 bits per heavy atom. The van der Waals surface area contributed by atoms with Crippen molar-refractivity contribution in [1.82, 2.24) is 0 Å². The first-order valence-electron chi connectivity index (χ1n) is 9.01. The Bertz CT molecular complexity index is 873. The summed E-state index contributed by atoms with van der Waals surface area (Å²) in [7, 11) is 0. The van der Waals surface area contributed by atoms with Gasteiger partial charge >= 0.3 is 0 Å². The Labute approximate surface area is 164 Å². The average molecular weight is 384 g/mol. The van der Waals surface area contributed by atoms with E-state index in [1.807, 2.05) is 76.2 Å². The molecular formula is C22H25NO3S. The van der Waals surface area contributed by atoms with E-state index in [-0.39, 0.29) is 16.3 Å². The first kappa shape index (κ1) is 19.6. The molecule has 0 spiro atoms. The van der Waals surface area contributed by atoms with Gasteiger partial charge in [-0.2, -0.15) is 0 Å². The van der Waals surface area contributed by atoms with Crippen LogP contribution in [0.2, 0.25) is 0 Å². The summed E-state index contributed by atoms with van der Waals surface area (Å²) in [5.74, 6) is -0.435. The number of thioether (sulfide) groups is 1. The maximum atomic E-state index is 13.2. The minimum Gasteiger partial charge on any atom is -0.375 e. The Balaban J connectivity index is 1.97. The molecule has 0 fully saturated rings. The second-order valence-corrected chi connectivity index (χ2v) is 9.91. The van der Waals surface area contributed by atoms with E-state index in [4.69, 9.17) is 0 Å². The molecule has 3 rings (SSSR count). The zero-order chi connectivity index (χ0) is 19.8. The fourth-order valence-electron chi connectivity index (χ4n) is 3.34. The topological polar surface area (TPSA) is 57.6 Å². The summed E-state index contributed by atoms with van der Waals surface area (Å²) in [4.78, 5) is 27.4. The lowest BCUT2D eigenvalue weighted by atomic mass is 9.91. The van der Waals surface area contributed by atoms with Crippen LogP contribution in [0.5, 0.6) is 0 Å². The molecule has 1 N–H and O–H groups in total. The zero-order valence-corrected chi connectivity index (χ0v) is 17.0. The third-order valence-electron chi connectivity index (χ3n) is 4.49. The number of carbonyl (C=O) groups excluding carboxylic acids is 2. The quantitative estimate of drug-likeness (QED) is 0.861. The molecule has 1 heterocycles. The predicted molar refractivity (Wildman–Crippen MR) is 110 cm³/mol. The third-order valence-corrected chi connectivity index (χ3v) is 5.48. The number of nitrogens with zero attached hydrogens (tertiary/aromatic N) is 1. The maximum Gasteiger partial charge on any atom is 0.264 e. The first-order valence-corrected chi connectivity index (χ1v) is 9.83. The SMILES string of the molecule is Cc1ccc2c(c1)[C@](O)(CC(=O)SC(C)(C)C)C(=O)N2Cc1ccccc1. The molecule has 27 heavy (non-hydrogen) atoms. The van der Waals surface area contributed by atoms with Crippen molar-refractivity contribution in [2.24, 2.45) is 0 Å². The number of rotatable bonds is 4. The molecule has 2 aromatic rings. The molecular weight excluding hydrogens is 358 g/mol. The summed E-state index contributed by atoms with van der Waals surface area (Å²) >= 11 is 1.16. The van der Waals surface area contributed by atoms with Crippen LogP contribution in [0.1, 0.15) is 43.9 Å². The second-order valence-electron chi connectivity index (χ2n) is 8.02. The number of fused-ring (bicyclic) bond motifs is 1. The Hall–Kier alpha value is -2.11. The summed E-state index contributed by atoms with van der Waals surface area (Å²) in [6.45, 7) is 8.09. The minimum atomic E-state index is -1.81. The zero-order valence-electron chi connectivity index (χ0n) is 16.2. The molecule has 0 aliphatic carbocycles. The van der Waals surface area contributed by atoms with Crippen LogP contribution in [-0.4, -0.2) is 20.9 Å². The molecule has 1 atom stereocenters. The number of amides is 1. The number of anilines is 1. The van der Waals surface area contributed by atoms with Crippen molar-refractivity contribution in [3.63, 3.8) is 0 Å². The van der Waals surface area contributed by atoms with Crippen LogP contribution < -0.4 is 4.90 Å². The van der Waals surface area contributed by atoms with Gasteiger partial charge in [-0.3, -0.25) is 9.59 Å². The number of hydrogen-bond acceptors (Lipinski definition) is 4. The van der Waals surface area contributed by atoms with Gasteiger partial charge in [0.2, 0.25) is 0 Å². The van der Waals surface area contributed by atoms with Gasteiger partial charge in [0.15, 0.2) is 10.7 Å². The van der Waals surface area contributed by atoms with E-state index < -0.39 is 11.5 Å². The molecule has 5 heteroatoms. The molecule has 4 nitrogen and oxygen atoms in total. The molecule has 142 valence electrons. The van der Waals surface area contributed by atoms with Gasteiger partial charge in [-0.05, 0) is 18.6 Å². The van der Waals surface area contributed by atoms with E-state index in [1.54, 1.807) is 4.90 Å². The number of hydrogen-bond donors (Lipinski definition) is 1. The lowest BCUT2D eigenvalue weighted by Gasteiger charge is -2.24. The Morgan fingerprint density at radius 1 is 1.15 bits per heavy atom. The fourth-order valence-corrected chi connectivity index (χ4v) is 4.31. The molecule has 0 saturated carbocycles. The molecule has 0 bridgehead atoms. The number of carbonyl (C=O) groups is 2. The van der Waals surface area contributed by atoms with Crippen molar-refractivity contribution < 1.29 is 14.7 Å². The van der Waals surface area contributed by atoms with Crippen molar-refractivity contribution in [3.8, 4) is 0 Å². The van der Waals surface area contributed by atoms with Crippen molar-refractivity contribution in [1.29, 1.82) is 0 Å². The van der Waals surface area contributed by atoms with E-state index in [0.717, 1.165) is 22.9 Å². The number of aryl methyl sites for hydroxylation is 1. The Kier molecular flexibility index (Phi) is 5.19. The molecule has 1 aliphatic heterocycles. The minimum absolute atomic E-state index is 0.188. The van der Waals surface area contributed by atoms with Crippen LogP contribution in [0, 0.1) is 6.92 Å². The highest BCUT2D eigenvalue weighted by molar-refractivity contribution is 8.14. The van der Waals surface area contributed by atoms with Gasteiger partial charge in [0, 0.05) is 10.3 Å². The van der Waals surface area contributed by atoms with Gasteiger partial charge in [0.1, 0.15) is 0 Å². The average Bonchev–Trinajstić information content (AvgIpc) is 2.76. The van der Waals surface area contributed by atoms with Gasteiger partial charge < -0.3 is 10.0 Å². The lowest BCUT2D eigenvalue weighted by molar-refractivity contribution is -0.139. The van der Waals surface area contributed by atoms with E-state index in [0.29, 0.717) is 17.8 Å². The molecule has 0 saturated heterocycles. The van der Waals surface area contributed by atoms with E-state index in [9.17, 15) is 14.7 Å². The third kappa shape index (κ3) is 4.09. The van der Waals surface area contributed by atoms with Crippen LogP contribution in [0.25, 0.3) is 0 Å². The smallest absolute Gasteiger partial charge is 0.264 e. The standard InChI is InChI=1S/C22H25NO3S/c1-15-10-11-18-17(12-15)22(26,13-19(24)27-21(2,3)4)20(25)23(18)14-16-8-6-5-7-9-16/h5-12,26H,13-14H2,1-4H3/t22-/m1/s1. The number of aliphatic hydroxyl groups is 1. The summed E-state index contributed by atoms with van der Waals surface area (Å²) in [5, 5.41) is 11.1. The highest BCUT2D eigenvalue weighted by atomic mass is 32.2. The molecule has 1 amide bonds. The van der Waals surface area contributed by atoms with Crippen LogP contribution >= 0.6 is 11.8 Å². The van der Waals surface area contributed by atoms with Crippen molar-refractivity contribution in [3.05, 3.63) is 65.2 Å². The van der Waals surface area contributed by atoms with Crippen LogP contribution in [0.15, 0.2) is 48.5 Å². The predicted octanol–water partition coefficient (Wildman–Crippen LogP) is 4.18. The largest absolute Gasteiger partial charge is 0.375 e. The van der Waals surface area contributed by atoms with Crippen LogP contribution in [0.4, 0.5) is 5.69 Å². The maximum absolute atomic E-state index is 13.2. The van der Waals surface area contributed by atoms with Gasteiger partial charge in [-0.15, -0.1) is 0 Å². The normalized spacial score (nSPS) is 19.3. The first-order chi connectivity index (χ1) is 12.6. The summed E-state index contributed by atoms with van der Waals surface area (Å²) < 4.78 is -0.270. The highest BCUT2D eigenvalue weighted by Crippen LogP contribution is 2.45. The summed E-state index contributed by atoms with van der Waals surface area (Å²) in [6.07, 6.45) is -0.227. The molecule has 0 radical (unpaired) electrons. The van der Waals surface area contributed by atoms with Gasteiger partial charge in [0.05, 0.1) is 18.7 Å². The van der Waals surface area contributed by atoms with Crippen molar-refractivity contribution in [2.45, 2.75) is 51.0 Å². The molecule has 1 aliphatic rings.